The van der Waals surface area contributed by atoms with Crippen LogP contribution in [-0.2, 0) is 4.79 Å². The van der Waals surface area contributed by atoms with Gasteiger partial charge in [-0.3, -0.25) is 9.69 Å². The number of piperidine rings is 1. The van der Waals surface area contributed by atoms with E-state index in [2.05, 4.69) is 75.9 Å². The number of amides is 2. The number of benzene rings is 3. The zero-order valence-electron chi connectivity index (χ0n) is 31.0. The van der Waals surface area contributed by atoms with Gasteiger partial charge in [0.15, 0.2) is 0 Å². The third-order valence-corrected chi connectivity index (χ3v) is 12.2. The highest BCUT2D eigenvalue weighted by molar-refractivity contribution is 5.91. The zero-order chi connectivity index (χ0) is 35.0. The van der Waals surface area contributed by atoms with Crippen LogP contribution in [-0.4, -0.2) is 72.5 Å². The Hall–Kier alpha value is -3.80. The third kappa shape index (κ3) is 7.81. The molecule has 9 rings (SSSR count). The molecule has 4 aliphatic rings. The first-order chi connectivity index (χ1) is 24.6. The first-order valence-corrected chi connectivity index (χ1v) is 18.4. The highest BCUT2D eigenvalue weighted by Crippen LogP contribution is 2.58. The Kier molecular flexibility index (Phi) is 12.6. The highest BCUT2D eigenvalue weighted by Gasteiger charge is 2.55. The van der Waals surface area contributed by atoms with Gasteiger partial charge >= 0.3 is 6.09 Å². The molecule has 4 fully saturated rings. The van der Waals surface area contributed by atoms with E-state index in [9.17, 15) is 14.7 Å². The molecule has 294 valence electrons. The molecule has 2 aromatic heterocycles. The van der Waals surface area contributed by atoms with Crippen LogP contribution >= 0.6 is 49.6 Å². The molecular weight excluding hydrogens is 780 g/mol. The van der Waals surface area contributed by atoms with Gasteiger partial charge in [0.1, 0.15) is 17.7 Å². The quantitative estimate of drug-likeness (QED) is 0.123. The summed E-state index contributed by atoms with van der Waals surface area (Å²) in [6.45, 7) is 4.45. The first-order valence-electron chi connectivity index (χ1n) is 18.4. The Morgan fingerprint density at radius 2 is 1.40 bits per heavy atom. The number of rotatable bonds is 8. The van der Waals surface area contributed by atoms with Crippen molar-refractivity contribution in [2.45, 2.75) is 76.5 Å². The molecule has 0 radical (unpaired) electrons. The van der Waals surface area contributed by atoms with E-state index in [0.717, 1.165) is 80.2 Å². The largest absolute Gasteiger partial charge is 0.465 e. The number of carboxylic acid groups (broad SMARTS) is 1. The summed E-state index contributed by atoms with van der Waals surface area (Å²) in [5, 5.41) is 15.7. The van der Waals surface area contributed by atoms with E-state index in [0.29, 0.717) is 24.5 Å². The fraction of sp³-hybridized carbons (Fsp3) is 0.415. The van der Waals surface area contributed by atoms with Crippen molar-refractivity contribution in [1.82, 2.24) is 35.1 Å². The van der Waals surface area contributed by atoms with Crippen LogP contribution in [0.25, 0.3) is 44.4 Å². The van der Waals surface area contributed by atoms with Crippen LogP contribution in [0.4, 0.5) is 4.79 Å². The topological polar surface area (TPSA) is 130 Å². The molecule has 2 saturated carbocycles. The number of fused-ring (bicyclic) bond motifs is 3. The Morgan fingerprint density at radius 1 is 0.818 bits per heavy atom. The fourth-order valence-corrected chi connectivity index (χ4v) is 9.15. The third-order valence-electron chi connectivity index (χ3n) is 12.2. The van der Waals surface area contributed by atoms with Gasteiger partial charge in [-0.15, -0.1) is 49.6 Å². The predicted molar refractivity (Wildman–Crippen MR) is 226 cm³/mol. The van der Waals surface area contributed by atoms with Crippen molar-refractivity contribution in [1.29, 1.82) is 0 Å². The molecular formula is C41H49Cl4N7O3. The molecule has 5 atom stereocenters. The molecule has 1 spiro atoms. The Bertz CT molecular complexity index is 2150. The van der Waals surface area contributed by atoms with E-state index in [4.69, 9.17) is 9.97 Å². The summed E-state index contributed by atoms with van der Waals surface area (Å²) in [6.07, 6.45) is 9.59. The molecule has 2 aliphatic carbocycles. The zero-order valence-corrected chi connectivity index (χ0v) is 34.3. The number of aromatic nitrogens is 4. The summed E-state index contributed by atoms with van der Waals surface area (Å²) >= 11 is 0. The smallest absolute Gasteiger partial charge is 0.407 e. The molecule has 2 amide bonds. The van der Waals surface area contributed by atoms with Gasteiger partial charge in [0, 0.05) is 25.2 Å². The van der Waals surface area contributed by atoms with E-state index in [-0.39, 0.29) is 72.9 Å². The minimum absolute atomic E-state index is 0. The summed E-state index contributed by atoms with van der Waals surface area (Å²) in [4.78, 5) is 45.4. The van der Waals surface area contributed by atoms with Gasteiger partial charge in [-0.2, -0.15) is 0 Å². The van der Waals surface area contributed by atoms with Crippen LogP contribution in [0.3, 0.4) is 0 Å². The van der Waals surface area contributed by atoms with E-state index >= 15 is 0 Å². The summed E-state index contributed by atoms with van der Waals surface area (Å²) in [5.41, 5.74) is 6.56. The second-order valence-electron chi connectivity index (χ2n) is 15.9. The number of H-pyrrole nitrogens is 2. The summed E-state index contributed by atoms with van der Waals surface area (Å²) in [7, 11) is 1.49. The molecule has 3 aromatic carbocycles. The van der Waals surface area contributed by atoms with Crippen molar-refractivity contribution in [2.75, 3.05) is 13.6 Å². The average molecular weight is 830 g/mol. The fourth-order valence-electron chi connectivity index (χ4n) is 9.15. The maximum absolute atomic E-state index is 13.9. The van der Waals surface area contributed by atoms with E-state index < -0.39 is 12.1 Å². The second kappa shape index (κ2) is 16.4. The molecule has 2 saturated heterocycles. The van der Waals surface area contributed by atoms with Crippen LogP contribution in [0.1, 0.15) is 76.1 Å². The van der Waals surface area contributed by atoms with Crippen molar-refractivity contribution in [3.8, 4) is 33.6 Å². The van der Waals surface area contributed by atoms with Gasteiger partial charge in [0.2, 0.25) is 5.91 Å². The number of nitrogens with one attached hydrogen (secondary N) is 3. The van der Waals surface area contributed by atoms with E-state index in [1.807, 2.05) is 31.1 Å². The van der Waals surface area contributed by atoms with Crippen LogP contribution in [0.2, 0.25) is 0 Å². The Morgan fingerprint density at radius 3 is 2.00 bits per heavy atom. The standard InChI is InChI=1S/C41H45N7O3.4ClH/c1-23(2)36(47(3)40(50)51)39(49)48-22-41(14-15-41)19-34(48)37-42-21-33(45-37)29-11-10-27-16-26(8-9-28(27)17-29)24-4-6-25(7-5-24)32-20-43-38(46-32)35-30-12-13-31(18-30)44-35;;;;/h4-11,16-17,20-21,23,30-31,34-36,44H,12-15,18-19,22H2,1-3H3,(H,42,45)(H,43,46)(H,50,51);4*1H/t30-,31+,34-,35-,36-;;;;/m0..../s1. The minimum atomic E-state index is -1.09. The van der Waals surface area contributed by atoms with Crippen LogP contribution in [0.5, 0.6) is 0 Å². The van der Waals surface area contributed by atoms with E-state index in [1.165, 1.54) is 26.3 Å². The van der Waals surface area contributed by atoms with Crippen molar-refractivity contribution in [2.24, 2.45) is 17.3 Å². The molecule has 55 heavy (non-hydrogen) atoms. The van der Waals surface area contributed by atoms with Crippen molar-refractivity contribution < 1.29 is 14.7 Å². The van der Waals surface area contributed by atoms with Gasteiger partial charge < -0.3 is 25.3 Å². The molecule has 5 aromatic rings. The number of carbonyl (C=O) groups is 2. The molecule has 4 heterocycles. The second-order valence-corrected chi connectivity index (χ2v) is 15.9. The Labute approximate surface area is 346 Å². The van der Waals surface area contributed by atoms with Crippen LogP contribution in [0.15, 0.2) is 73.1 Å². The number of nitrogens with zero attached hydrogens (tertiary/aromatic N) is 4. The lowest BCUT2D eigenvalue weighted by atomic mass is 9.98. The lowest BCUT2D eigenvalue weighted by Crippen LogP contribution is -2.51. The number of hydrogen-bond donors (Lipinski definition) is 4. The monoisotopic (exact) mass is 827 g/mol. The summed E-state index contributed by atoms with van der Waals surface area (Å²) in [5.74, 6) is 2.23. The molecule has 0 unspecified atom stereocenters. The predicted octanol–water partition coefficient (Wildman–Crippen LogP) is 9.48. The number of aromatic amines is 2. The SMILES string of the molecule is CC(C)[C@@H](C(=O)N1CC2(CC2)C[C@H]1c1ncc(-c2ccc3cc(-c4ccc(-c5cnc([C@H]6N[C@@H]7CC[C@H]6C7)[nH]5)cc4)ccc3c2)[nH]1)N(C)C(=O)O.Cl.Cl.Cl.Cl. The molecule has 14 heteroatoms. The maximum atomic E-state index is 13.9. The van der Waals surface area contributed by atoms with Crippen molar-refractivity contribution >= 4 is 72.4 Å². The van der Waals surface area contributed by atoms with Gasteiger partial charge in [0.25, 0.3) is 0 Å². The van der Waals surface area contributed by atoms with Gasteiger partial charge in [-0.1, -0.05) is 62.4 Å². The normalized spacial score (nSPS) is 22.1. The maximum Gasteiger partial charge on any atom is 0.407 e. The van der Waals surface area contributed by atoms with Gasteiger partial charge in [-0.25, -0.2) is 14.8 Å². The molecule has 2 aliphatic heterocycles. The summed E-state index contributed by atoms with van der Waals surface area (Å²) < 4.78 is 0. The number of carbonyl (C=O) groups excluding carboxylic acids is 1. The number of likely N-dealkylation sites (N-methyl/N-ethyl adjacent to an activating group) is 1. The lowest BCUT2D eigenvalue weighted by molar-refractivity contribution is -0.138. The van der Waals surface area contributed by atoms with E-state index in [1.54, 1.807) is 0 Å². The first kappa shape index (κ1) is 42.3. The average Bonchev–Trinajstić information content (AvgIpc) is 3.77. The van der Waals surface area contributed by atoms with Crippen LogP contribution < -0.4 is 5.32 Å². The van der Waals surface area contributed by atoms with Gasteiger partial charge in [-0.05, 0) is 95.4 Å². The van der Waals surface area contributed by atoms with Crippen LogP contribution in [0, 0.1) is 17.3 Å². The van der Waals surface area contributed by atoms with Crippen molar-refractivity contribution in [3.63, 3.8) is 0 Å². The highest BCUT2D eigenvalue weighted by atomic mass is 35.5. The number of imidazole rings is 2. The number of hydrogen-bond acceptors (Lipinski definition) is 5. The Balaban J connectivity index is 0.00000145. The summed E-state index contributed by atoms with van der Waals surface area (Å²) in [6, 6.07) is 21.8. The lowest BCUT2D eigenvalue weighted by Gasteiger charge is -2.33. The van der Waals surface area contributed by atoms with Crippen molar-refractivity contribution in [3.05, 3.63) is 84.7 Å². The molecule has 2 bridgehead atoms. The number of likely N-dealkylation sites (tertiary alicyclic amines) is 1. The molecule has 4 N–H and O–H groups in total. The molecule has 10 nitrogen and oxygen atoms in total. The van der Waals surface area contributed by atoms with Gasteiger partial charge in [0.05, 0.1) is 35.9 Å². The minimum Gasteiger partial charge on any atom is -0.465 e. The number of halogens is 4.